The van der Waals surface area contributed by atoms with E-state index in [2.05, 4.69) is 255 Å². The number of para-hydroxylation sites is 7. The third-order valence-corrected chi connectivity index (χ3v) is 16.8. The topological polar surface area (TPSA) is 61.0 Å². The van der Waals surface area contributed by atoms with Crippen LogP contribution in [0, 0.1) is 17.9 Å². The molecule has 0 aliphatic heterocycles. The van der Waals surface area contributed by atoms with Gasteiger partial charge in [-0.3, -0.25) is 0 Å². The molecule has 0 aliphatic carbocycles. The summed E-state index contributed by atoms with van der Waals surface area (Å²) >= 11 is 0. The van der Waals surface area contributed by atoms with Crippen LogP contribution in [-0.2, 0) is 0 Å². The average molecular weight is 1030 g/mol. The number of hydrogen-bond donors (Lipinski definition) is 0. The molecule has 0 atom stereocenters. The van der Waals surface area contributed by atoms with Gasteiger partial charge in [-0.1, -0.05) is 194 Å². The molecular weight excluding hydrogens is 989 g/mol. The number of rotatable bonds is 6. The maximum absolute atomic E-state index is 12.7. The minimum absolute atomic E-state index is 0.328. The van der Waals surface area contributed by atoms with Crippen molar-refractivity contribution in [2.75, 3.05) is 0 Å². The van der Waals surface area contributed by atoms with E-state index in [0.29, 0.717) is 34.0 Å². The van der Waals surface area contributed by atoms with Gasteiger partial charge < -0.3 is 22.7 Å². The third kappa shape index (κ3) is 6.15. The van der Waals surface area contributed by atoms with E-state index in [-0.39, 0.29) is 0 Å². The van der Waals surface area contributed by atoms with Gasteiger partial charge in [0.15, 0.2) is 0 Å². The summed E-state index contributed by atoms with van der Waals surface area (Å²) in [5.74, 6) is 0. The summed E-state index contributed by atoms with van der Waals surface area (Å²) in [6, 6.07) is 92.2. The van der Waals surface area contributed by atoms with Crippen LogP contribution in [0.4, 0.5) is 5.69 Å². The van der Waals surface area contributed by atoms with Crippen molar-refractivity contribution in [2.45, 2.75) is 0 Å². The van der Waals surface area contributed by atoms with Crippen LogP contribution < -0.4 is 0 Å². The Balaban J connectivity index is 1.19. The van der Waals surface area contributed by atoms with Crippen LogP contribution in [0.3, 0.4) is 0 Å². The van der Waals surface area contributed by atoms with Gasteiger partial charge >= 0.3 is 0 Å². The first-order chi connectivity index (χ1) is 40.2. The Labute approximate surface area is 463 Å². The van der Waals surface area contributed by atoms with E-state index >= 15 is 0 Å². The van der Waals surface area contributed by atoms with Crippen molar-refractivity contribution < 1.29 is 4.42 Å². The minimum Gasteiger partial charge on any atom is -0.456 e. The second kappa shape index (κ2) is 17.1. The zero-order chi connectivity index (χ0) is 53.4. The molecule has 0 N–H and O–H groups in total. The van der Waals surface area contributed by atoms with Crippen LogP contribution in [0.1, 0.15) is 5.56 Å². The maximum Gasteiger partial charge on any atom is 0.237 e. The van der Waals surface area contributed by atoms with E-state index < -0.39 is 0 Å². The quantitative estimate of drug-likeness (QED) is 0.156. The number of hydrogen-bond acceptors (Lipinski definition) is 2. The van der Waals surface area contributed by atoms with Gasteiger partial charge in [-0.2, -0.15) is 5.26 Å². The number of fused-ring (bicyclic) bond motifs is 16. The summed E-state index contributed by atoms with van der Waals surface area (Å²) in [4.78, 5) is 4.82. The highest BCUT2D eigenvalue weighted by Crippen LogP contribution is 2.53. The first kappa shape index (κ1) is 44.7. The third-order valence-electron chi connectivity index (χ3n) is 16.8. The highest BCUT2D eigenvalue weighted by molar-refractivity contribution is 6.26. The Hall–Kier alpha value is -11.4. The molecule has 0 unspecified atom stereocenters. The van der Waals surface area contributed by atoms with E-state index in [0.717, 1.165) is 131 Å². The highest BCUT2D eigenvalue weighted by atomic mass is 16.3. The van der Waals surface area contributed by atoms with E-state index in [1.807, 2.05) is 24.3 Å². The fraction of sp³-hybridized carbons (Fsp3) is 0. The SMILES string of the molecule is [C-]#[N+]c1c(-n2c3ccccc3c3ccccc32)c(C#N)c(-n2c3ccccc3c3ccccc32)c(-n2c3cc(-c4ccccc4-c4ccccc4)ccc3c3ccc4oc5ccccc5c4c32)c1-n1c2ccccc2c2ccccc21. The second-order valence-electron chi connectivity index (χ2n) is 20.9. The van der Waals surface area contributed by atoms with Crippen molar-refractivity contribution in [2.24, 2.45) is 0 Å². The summed E-state index contributed by atoms with van der Waals surface area (Å²) < 4.78 is 16.0. The van der Waals surface area contributed by atoms with Gasteiger partial charge in [0.1, 0.15) is 17.2 Å². The molecule has 17 rings (SSSR count). The van der Waals surface area contributed by atoms with Gasteiger partial charge in [0.2, 0.25) is 5.69 Å². The molecule has 374 valence electrons. The molecule has 0 bridgehead atoms. The molecule has 0 radical (unpaired) electrons. The number of nitriles is 1. The summed E-state index contributed by atoms with van der Waals surface area (Å²) in [6.45, 7) is 9.91. The van der Waals surface area contributed by atoms with Crippen LogP contribution in [-0.4, -0.2) is 18.3 Å². The monoisotopic (exact) mass is 1030 g/mol. The predicted octanol–water partition coefficient (Wildman–Crippen LogP) is 19.7. The second-order valence-corrected chi connectivity index (χ2v) is 20.9. The van der Waals surface area contributed by atoms with Gasteiger partial charge in [-0.25, -0.2) is 4.85 Å². The first-order valence-electron chi connectivity index (χ1n) is 27.2. The summed E-state index contributed by atoms with van der Waals surface area (Å²) in [7, 11) is 0. The lowest BCUT2D eigenvalue weighted by molar-refractivity contribution is 0.669. The molecule has 0 saturated carbocycles. The Morgan fingerprint density at radius 1 is 0.333 bits per heavy atom. The molecule has 5 heterocycles. The lowest BCUT2D eigenvalue weighted by Crippen LogP contribution is -2.14. The molecule has 0 fully saturated rings. The zero-order valence-electron chi connectivity index (χ0n) is 43.3. The average Bonchev–Trinajstić information content (AvgIpc) is 3.22. The summed E-state index contributed by atoms with van der Waals surface area (Å²) in [5.41, 5.74) is 16.2. The number of nitrogens with zero attached hydrogens (tertiary/aromatic N) is 6. The molecule has 0 aliphatic rings. The molecule has 7 heteroatoms. The lowest BCUT2D eigenvalue weighted by atomic mass is 9.94. The van der Waals surface area contributed by atoms with Gasteiger partial charge in [0.25, 0.3) is 0 Å². The molecular formula is C74H42N6O. The molecule has 17 aromatic rings. The Kier molecular flexibility index (Phi) is 9.42. The van der Waals surface area contributed by atoms with Crippen molar-refractivity contribution in [3.63, 3.8) is 0 Å². The summed E-state index contributed by atoms with van der Waals surface area (Å²) in [6.07, 6.45) is 0. The predicted molar refractivity (Wildman–Crippen MR) is 333 cm³/mol. The zero-order valence-corrected chi connectivity index (χ0v) is 43.3. The smallest absolute Gasteiger partial charge is 0.237 e. The normalized spacial score (nSPS) is 11.9. The molecule has 0 amide bonds. The van der Waals surface area contributed by atoms with Gasteiger partial charge in [0, 0.05) is 48.5 Å². The standard InChI is InChI=1S/C74H42N6O/c1-76-69-71(77-59-32-14-7-25-49(59)50-26-8-15-33-60(50)77)58(44-75)72(78-61-34-16-9-27-51(61)52-28-10-17-35-62(52)78)74(73(69)79-63-36-18-11-29-53(63)54-30-12-19-37-64(54)79)80-65-43-46(48-24-6-5-23-47(48)45-21-3-2-4-22-45)39-40-55(65)56-41-42-67-68(70(56)80)57-31-13-20-38-66(57)81-67/h2-43H. The van der Waals surface area contributed by atoms with E-state index in [1.54, 1.807) is 0 Å². The minimum atomic E-state index is 0.328. The van der Waals surface area contributed by atoms with Crippen LogP contribution in [0.15, 0.2) is 259 Å². The number of furan rings is 1. The maximum atomic E-state index is 12.7. The van der Waals surface area contributed by atoms with Gasteiger partial charge in [-0.05, 0) is 82.9 Å². The fourth-order valence-electron chi connectivity index (χ4n) is 13.6. The molecule has 81 heavy (non-hydrogen) atoms. The number of benzene rings is 12. The Morgan fingerprint density at radius 2 is 0.753 bits per heavy atom. The molecule has 7 nitrogen and oxygen atoms in total. The van der Waals surface area contributed by atoms with Crippen molar-refractivity contribution in [3.05, 3.63) is 272 Å². The lowest BCUT2D eigenvalue weighted by Gasteiger charge is -2.27. The Bertz CT molecular complexity index is 5320. The largest absolute Gasteiger partial charge is 0.456 e. The van der Waals surface area contributed by atoms with Crippen molar-refractivity contribution in [1.29, 1.82) is 5.26 Å². The molecule has 5 aromatic heterocycles. The number of aromatic nitrogens is 4. The Morgan fingerprint density at radius 3 is 1.27 bits per heavy atom. The van der Waals surface area contributed by atoms with E-state index in [4.69, 9.17) is 9.26 Å². The fourth-order valence-corrected chi connectivity index (χ4v) is 13.6. The van der Waals surface area contributed by atoms with Crippen LogP contribution in [0.5, 0.6) is 0 Å². The van der Waals surface area contributed by atoms with E-state index in [9.17, 15) is 11.8 Å². The van der Waals surface area contributed by atoms with E-state index in [1.165, 1.54) is 0 Å². The molecule has 0 saturated heterocycles. The van der Waals surface area contributed by atoms with Crippen molar-refractivity contribution >= 4 is 115 Å². The van der Waals surface area contributed by atoms with Crippen molar-refractivity contribution in [3.8, 4) is 51.1 Å². The van der Waals surface area contributed by atoms with Crippen LogP contribution in [0.2, 0.25) is 0 Å². The summed E-state index contributed by atoms with van der Waals surface area (Å²) in [5, 5.41) is 22.8. The first-order valence-corrected chi connectivity index (χ1v) is 27.2. The van der Waals surface area contributed by atoms with Crippen LogP contribution in [0.25, 0.3) is 159 Å². The molecule has 0 spiro atoms. The highest BCUT2D eigenvalue weighted by Gasteiger charge is 2.35. The van der Waals surface area contributed by atoms with Crippen LogP contribution >= 0.6 is 0 Å². The van der Waals surface area contributed by atoms with Gasteiger partial charge in [-0.15, -0.1) is 0 Å². The molecule has 12 aromatic carbocycles. The van der Waals surface area contributed by atoms with Crippen molar-refractivity contribution in [1.82, 2.24) is 18.3 Å². The van der Waals surface area contributed by atoms with Gasteiger partial charge in [0.05, 0.1) is 84.4 Å².